The van der Waals surface area contributed by atoms with Crippen molar-refractivity contribution in [3.05, 3.63) is 42.1 Å². The molecule has 0 bridgehead atoms. The molecule has 0 unspecified atom stereocenters. The third-order valence-electron chi connectivity index (χ3n) is 7.38. The van der Waals surface area contributed by atoms with Crippen molar-refractivity contribution >= 4 is 36.2 Å². The Morgan fingerprint density at radius 2 is 1.73 bits per heavy atom. The third kappa shape index (κ3) is 9.86. The molecule has 0 aliphatic carbocycles. The number of carbonyl (C=O) groups is 5. The van der Waals surface area contributed by atoms with Crippen LogP contribution < -0.4 is 10.2 Å². The summed E-state index contributed by atoms with van der Waals surface area (Å²) in [6, 6.07) is 9.91. The van der Waals surface area contributed by atoms with Crippen LogP contribution in [0.5, 0.6) is 0 Å². The molecule has 244 valence electrons. The Kier molecular flexibility index (Phi) is 13.5. The number of rotatable bonds is 11. The summed E-state index contributed by atoms with van der Waals surface area (Å²) >= 11 is 0. The van der Waals surface area contributed by atoms with Crippen molar-refractivity contribution in [1.29, 1.82) is 0 Å². The molecular formula is C30H40N6O9. The van der Waals surface area contributed by atoms with Gasteiger partial charge in [0.25, 0.3) is 12.4 Å². The fraction of sp³-hybridized carbons (Fsp3) is 0.500. The summed E-state index contributed by atoms with van der Waals surface area (Å²) in [6.07, 6.45) is 1.03. The minimum atomic E-state index is -1.09. The number of aliphatic carboxylic acids is 1. The summed E-state index contributed by atoms with van der Waals surface area (Å²) in [6.45, 7) is 4.02. The Balaban J connectivity index is 0.00000177. The first-order valence-electron chi connectivity index (χ1n) is 14.7. The van der Waals surface area contributed by atoms with Crippen LogP contribution in [0, 0.1) is 0 Å². The highest BCUT2D eigenvalue weighted by Gasteiger charge is 2.32. The molecule has 2 aliphatic rings. The highest BCUT2D eigenvalue weighted by atomic mass is 16.6. The fourth-order valence-corrected chi connectivity index (χ4v) is 5.22. The second kappa shape index (κ2) is 17.5. The molecule has 2 saturated heterocycles. The Bertz CT molecular complexity index is 1300. The number of piperazine rings is 1. The third-order valence-corrected chi connectivity index (χ3v) is 7.38. The first-order chi connectivity index (χ1) is 21.7. The summed E-state index contributed by atoms with van der Waals surface area (Å²) in [5.74, 6) is -1.15. The lowest BCUT2D eigenvalue weighted by atomic mass is 10.1. The number of hydrogen-bond donors (Lipinski definition) is 3. The van der Waals surface area contributed by atoms with Gasteiger partial charge in [-0.1, -0.05) is 30.3 Å². The van der Waals surface area contributed by atoms with E-state index < -0.39 is 29.9 Å². The molecule has 15 heteroatoms. The molecule has 3 heterocycles. The number of benzene rings is 1. The fourth-order valence-electron chi connectivity index (χ4n) is 5.22. The number of anilines is 1. The first-order valence-corrected chi connectivity index (χ1v) is 14.7. The van der Waals surface area contributed by atoms with Gasteiger partial charge in [0.2, 0.25) is 5.91 Å². The van der Waals surface area contributed by atoms with Gasteiger partial charge in [-0.3, -0.25) is 19.2 Å². The maximum Gasteiger partial charge on any atom is 0.409 e. The van der Waals surface area contributed by atoms with Crippen LogP contribution in [0.2, 0.25) is 0 Å². The van der Waals surface area contributed by atoms with E-state index in [9.17, 15) is 24.3 Å². The van der Waals surface area contributed by atoms with Crippen molar-refractivity contribution in [2.24, 2.45) is 0 Å². The van der Waals surface area contributed by atoms with E-state index in [-0.39, 0.29) is 63.8 Å². The van der Waals surface area contributed by atoms with E-state index in [4.69, 9.17) is 24.4 Å². The molecule has 2 fully saturated rings. The van der Waals surface area contributed by atoms with Crippen LogP contribution in [0.15, 0.2) is 36.4 Å². The van der Waals surface area contributed by atoms with E-state index in [1.807, 2.05) is 30.3 Å². The van der Waals surface area contributed by atoms with E-state index >= 15 is 0 Å². The predicted octanol–water partition coefficient (Wildman–Crippen LogP) is 1.72. The average molecular weight is 629 g/mol. The van der Waals surface area contributed by atoms with Gasteiger partial charge in [0.1, 0.15) is 17.6 Å². The summed E-state index contributed by atoms with van der Waals surface area (Å²) in [5, 5.41) is 18.9. The lowest BCUT2D eigenvalue weighted by Crippen LogP contribution is -2.56. The number of carbonyl (C=O) groups excluding carboxylic acids is 3. The maximum atomic E-state index is 13.6. The van der Waals surface area contributed by atoms with Crippen molar-refractivity contribution in [2.75, 3.05) is 57.9 Å². The number of methoxy groups -OCH3 is 1. The van der Waals surface area contributed by atoms with Gasteiger partial charge < -0.3 is 39.7 Å². The van der Waals surface area contributed by atoms with Crippen molar-refractivity contribution in [1.82, 2.24) is 25.1 Å². The summed E-state index contributed by atoms with van der Waals surface area (Å²) < 4.78 is 10.4. The SMILES string of the molecule is CCOC(=O)N1CCN(C(=O)[C@H](CCC(=O)O)NC(=O)c2cc(N3CCC[C@H]3COC)nc(-c3ccccc3)n2)CC1.O=CO. The van der Waals surface area contributed by atoms with Crippen LogP contribution in [-0.2, 0) is 23.9 Å². The van der Waals surface area contributed by atoms with Crippen LogP contribution in [0.3, 0.4) is 0 Å². The monoisotopic (exact) mass is 628 g/mol. The van der Waals surface area contributed by atoms with Gasteiger partial charge in [-0.05, 0) is 26.2 Å². The molecular weight excluding hydrogens is 588 g/mol. The Labute approximate surface area is 261 Å². The van der Waals surface area contributed by atoms with E-state index in [1.165, 1.54) is 9.80 Å². The number of hydrogen-bond acceptors (Lipinski definition) is 10. The Morgan fingerprint density at radius 3 is 2.36 bits per heavy atom. The molecule has 2 aliphatic heterocycles. The number of carboxylic acid groups (broad SMARTS) is 2. The largest absolute Gasteiger partial charge is 0.483 e. The van der Waals surface area contributed by atoms with E-state index in [2.05, 4.69) is 15.2 Å². The number of amides is 3. The number of aromatic nitrogens is 2. The number of nitrogens with zero attached hydrogens (tertiary/aromatic N) is 5. The molecule has 0 saturated carbocycles. The van der Waals surface area contributed by atoms with Crippen LogP contribution in [-0.4, -0.2) is 125 Å². The lowest BCUT2D eigenvalue weighted by Gasteiger charge is -2.36. The Hall–Kier alpha value is -4.79. The zero-order valence-corrected chi connectivity index (χ0v) is 25.5. The molecule has 3 N–H and O–H groups in total. The highest BCUT2D eigenvalue weighted by Crippen LogP contribution is 2.27. The minimum Gasteiger partial charge on any atom is -0.483 e. The van der Waals surface area contributed by atoms with Gasteiger partial charge in [0.15, 0.2) is 5.82 Å². The van der Waals surface area contributed by atoms with Crippen molar-refractivity contribution in [2.45, 2.75) is 44.7 Å². The van der Waals surface area contributed by atoms with Crippen molar-refractivity contribution < 1.29 is 43.7 Å². The van der Waals surface area contributed by atoms with Gasteiger partial charge in [-0.2, -0.15) is 0 Å². The van der Waals surface area contributed by atoms with Crippen LogP contribution in [0.25, 0.3) is 11.4 Å². The van der Waals surface area contributed by atoms with E-state index in [1.54, 1.807) is 20.1 Å². The van der Waals surface area contributed by atoms with Gasteiger partial charge in [-0.15, -0.1) is 0 Å². The first kappa shape index (κ1) is 34.7. The molecule has 2 atom stereocenters. The molecule has 0 radical (unpaired) electrons. The number of ether oxygens (including phenoxy) is 2. The highest BCUT2D eigenvalue weighted by molar-refractivity contribution is 5.97. The summed E-state index contributed by atoms with van der Waals surface area (Å²) in [5.41, 5.74) is 0.802. The van der Waals surface area contributed by atoms with E-state index in [0.717, 1.165) is 24.9 Å². The van der Waals surface area contributed by atoms with Gasteiger partial charge >= 0.3 is 12.1 Å². The van der Waals surface area contributed by atoms with Gasteiger partial charge in [0.05, 0.1) is 19.3 Å². The molecule has 4 rings (SSSR count). The average Bonchev–Trinajstić information content (AvgIpc) is 3.52. The van der Waals surface area contributed by atoms with Gasteiger partial charge in [0, 0.05) is 57.9 Å². The number of nitrogens with one attached hydrogen (secondary N) is 1. The zero-order chi connectivity index (χ0) is 32.8. The molecule has 3 amide bonds. The molecule has 1 aromatic heterocycles. The quantitative estimate of drug-likeness (QED) is 0.306. The van der Waals surface area contributed by atoms with Gasteiger partial charge in [-0.25, -0.2) is 14.8 Å². The molecule has 15 nitrogen and oxygen atoms in total. The molecule has 45 heavy (non-hydrogen) atoms. The van der Waals surface area contributed by atoms with Crippen LogP contribution in [0.4, 0.5) is 10.6 Å². The van der Waals surface area contributed by atoms with Crippen LogP contribution in [0.1, 0.15) is 43.1 Å². The van der Waals surface area contributed by atoms with Crippen LogP contribution >= 0.6 is 0 Å². The molecule has 1 aromatic carbocycles. The van der Waals surface area contributed by atoms with Crippen molar-refractivity contribution in [3.8, 4) is 11.4 Å². The molecule has 2 aromatic rings. The second-order valence-electron chi connectivity index (χ2n) is 10.3. The molecule has 0 spiro atoms. The lowest BCUT2D eigenvalue weighted by molar-refractivity contribution is -0.138. The normalized spacial score (nSPS) is 16.7. The summed E-state index contributed by atoms with van der Waals surface area (Å²) in [4.78, 5) is 73.4. The standard InChI is InChI=1S/C29H38N6O7.CH2O2/c1-3-42-29(40)34-16-14-33(15-17-34)28(39)22(11-12-25(36)37)31-27(38)23-18-24(35-13-7-10-21(35)19-41-2)32-26(30-23)20-8-5-4-6-9-20;2-1-3/h4-6,8-9,18,21-22H,3,7,10-17,19H2,1-2H3,(H,31,38)(H,36,37);1H,(H,2,3)/t21-,22-;/m0./s1. The predicted molar refractivity (Wildman–Crippen MR) is 162 cm³/mol. The Morgan fingerprint density at radius 1 is 1.07 bits per heavy atom. The summed E-state index contributed by atoms with van der Waals surface area (Å²) in [7, 11) is 1.65. The smallest absolute Gasteiger partial charge is 0.409 e. The maximum absolute atomic E-state index is 13.6. The topological polar surface area (TPSA) is 192 Å². The minimum absolute atomic E-state index is 0.0715. The zero-order valence-electron chi connectivity index (χ0n) is 25.5. The second-order valence-corrected chi connectivity index (χ2v) is 10.3. The van der Waals surface area contributed by atoms with E-state index in [0.29, 0.717) is 18.2 Å². The van der Waals surface area contributed by atoms with Crippen molar-refractivity contribution in [3.63, 3.8) is 0 Å². The number of carboxylic acids is 1.